The minimum absolute atomic E-state index is 0.0990. The molecule has 2 aliphatic heterocycles. The van der Waals surface area contributed by atoms with Crippen molar-refractivity contribution in [3.05, 3.63) is 69.6 Å². The van der Waals surface area contributed by atoms with Gasteiger partial charge in [0.2, 0.25) is 11.8 Å². The average molecular weight is 388 g/mol. The zero-order valence-electron chi connectivity index (χ0n) is 16.0. The largest absolute Gasteiger partial charge is 0.464 e. The van der Waals surface area contributed by atoms with Crippen molar-refractivity contribution in [2.45, 2.75) is 32.1 Å². The summed E-state index contributed by atoms with van der Waals surface area (Å²) in [5, 5.41) is 3.42. The van der Waals surface area contributed by atoms with Gasteiger partial charge < -0.3 is 14.6 Å². The maximum Gasteiger partial charge on any atom is 0.227 e. The van der Waals surface area contributed by atoms with Gasteiger partial charge in [-0.3, -0.25) is 14.4 Å². The van der Waals surface area contributed by atoms with Crippen molar-refractivity contribution in [2.24, 2.45) is 0 Å². The third-order valence-electron chi connectivity index (χ3n) is 5.85. The van der Waals surface area contributed by atoms with Crippen LogP contribution in [-0.4, -0.2) is 18.4 Å². The van der Waals surface area contributed by atoms with E-state index in [4.69, 9.17) is 4.42 Å². The van der Waals surface area contributed by atoms with Crippen LogP contribution in [0.4, 0.5) is 11.4 Å². The van der Waals surface area contributed by atoms with E-state index in [0.717, 1.165) is 23.2 Å². The highest BCUT2D eigenvalue weighted by atomic mass is 16.3. The molecule has 0 saturated carbocycles. The van der Waals surface area contributed by atoms with Crippen LogP contribution in [0.25, 0.3) is 11.0 Å². The summed E-state index contributed by atoms with van der Waals surface area (Å²) in [4.78, 5) is 39.5. The van der Waals surface area contributed by atoms with Gasteiger partial charge >= 0.3 is 0 Å². The first kappa shape index (κ1) is 17.7. The number of carbonyl (C=O) groups excluding carboxylic acids is 2. The molecule has 0 spiro atoms. The monoisotopic (exact) mass is 388 g/mol. The molecule has 29 heavy (non-hydrogen) atoms. The number of hydrogen-bond donors (Lipinski definition) is 1. The van der Waals surface area contributed by atoms with Gasteiger partial charge in [0.05, 0.1) is 11.6 Å². The fourth-order valence-electron chi connectivity index (χ4n) is 4.42. The molecular weight excluding hydrogens is 368 g/mol. The lowest BCUT2D eigenvalue weighted by Crippen LogP contribution is -2.28. The van der Waals surface area contributed by atoms with Gasteiger partial charge in [0.1, 0.15) is 5.58 Å². The first-order chi connectivity index (χ1) is 14.0. The highest BCUT2D eigenvalue weighted by molar-refractivity contribution is 6.00. The van der Waals surface area contributed by atoms with Crippen LogP contribution in [0.1, 0.15) is 41.9 Å². The van der Waals surface area contributed by atoms with Crippen LogP contribution in [0.15, 0.2) is 51.9 Å². The van der Waals surface area contributed by atoms with Crippen LogP contribution >= 0.6 is 0 Å². The third kappa shape index (κ3) is 2.83. The lowest BCUT2D eigenvalue weighted by atomic mass is 9.84. The number of carbonyl (C=O) groups is 2. The fourth-order valence-corrected chi connectivity index (χ4v) is 4.42. The highest BCUT2D eigenvalue weighted by Gasteiger charge is 2.32. The molecule has 1 aromatic heterocycles. The van der Waals surface area contributed by atoms with E-state index in [1.165, 1.54) is 6.26 Å². The Kier molecular flexibility index (Phi) is 4.01. The Morgan fingerprint density at radius 3 is 2.72 bits per heavy atom. The summed E-state index contributed by atoms with van der Waals surface area (Å²) in [6.07, 6.45) is 3.04. The Bertz CT molecular complexity index is 1230. The minimum atomic E-state index is -0.387. The van der Waals surface area contributed by atoms with E-state index in [-0.39, 0.29) is 29.6 Å². The van der Waals surface area contributed by atoms with E-state index in [0.29, 0.717) is 35.2 Å². The second-order valence-electron chi connectivity index (χ2n) is 7.70. The molecule has 3 heterocycles. The highest BCUT2D eigenvalue weighted by Crippen LogP contribution is 2.40. The van der Waals surface area contributed by atoms with Gasteiger partial charge in [0.15, 0.2) is 5.43 Å². The smallest absolute Gasteiger partial charge is 0.227 e. The summed E-state index contributed by atoms with van der Waals surface area (Å²) in [7, 11) is 0. The first-order valence-electron chi connectivity index (χ1n) is 9.78. The predicted octanol–water partition coefficient (Wildman–Crippen LogP) is 3.70. The molecule has 2 amide bonds. The maximum atomic E-state index is 13.1. The molecule has 1 N–H and O–H groups in total. The van der Waals surface area contributed by atoms with E-state index in [2.05, 4.69) is 5.32 Å². The van der Waals surface area contributed by atoms with Gasteiger partial charge in [0.25, 0.3) is 0 Å². The molecule has 0 unspecified atom stereocenters. The Hall–Kier alpha value is -3.41. The van der Waals surface area contributed by atoms with E-state index in [9.17, 15) is 14.4 Å². The quantitative estimate of drug-likeness (QED) is 0.726. The minimum Gasteiger partial charge on any atom is -0.464 e. The number of para-hydroxylation sites is 1. The molecule has 6 nitrogen and oxygen atoms in total. The molecule has 0 radical (unpaired) electrons. The number of nitrogens with one attached hydrogen (secondary N) is 1. The summed E-state index contributed by atoms with van der Waals surface area (Å²) in [5.41, 5.74) is 4.18. The van der Waals surface area contributed by atoms with Crippen molar-refractivity contribution in [1.82, 2.24) is 0 Å². The van der Waals surface area contributed by atoms with Crippen LogP contribution in [0.2, 0.25) is 0 Å². The van der Waals surface area contributed by atoms with Crippen molar-refractivity contribution < 1.29 is 14.0 Å². The summed E-state index contributed by atoms with van der Waals surface area (Å²) >= 11 is 0. The van der Waals surface area contributed by atoms with Crippen molar-refractivity contribution in [3.8, 4) is 0 Å². The summed E-state index contributed by atoms with van der Waals surface area (Å²) < 4.78 is 5.69. The zero-order chi connectivity index (χ0) is 20.1. The number of rotatable bonds is 2. The van der Waals surface area contributed by atoms with Crippen LogP contribution in [0, 0.1) is 6.92 Å². The van der Waals surface area contributed by atoms with Crippen molar-refractivity contribution in [2.75, 3.05) is 16.8 Å². The lowest BCUT2D eigenvalue weighted by molar-refractivity contribution is -0.117. The SMILES string of the molecule is Cc1cc2c(cc1N1CCCC1=O)NC(=O)C[C@@H]2c1coc2ccccc2c1=O. The van der Waals surface area contributed by atoms with Crippen molar-refractivity contribution >= 4 is 34.2 Å². The predicted molar refractivity (Wildman–Crippen MR) is 110 cm³/mol. The summed E-state index contributed by atoms with van der Waals surface area (Å²) in [6, 6.07) is 11.0. The second-order valence-corrected chi connectivity index (χ2v) is 7.70. The number of fused-ring (bicyclic) bond motifs is 2. The van der Waals surface area contributed by atoms with Gasteiger partial charge in [-0.1, -0.05) is 18.2 Å². The van der Waals surface area contributed by atoms with Gasteiger partial charge in [0, 0.05) is 42.2 Å². The first-order valence-corrected chi connectivity index (χ1v) is 9.78. The van der Waals surface area contributed by atoms with Crippen LogP contribution in [0.5, 0.6) is 0 Å². The van der Waals surface area contributed by atoms with Crippen LogP contribution in [-0.2, 0) is 9.59 Å². The van der Waals surface area contributed by atoms with Crippen molar-refractivity contribution in [3.63, 3.8) is 0 Å². The van der Waals surface area contributed by atoms with Crippen molar-refractivity contribution in [1.29, 1.82) is 0 Å². The number of benzene rings is 2. The Morgan fingerprint density at radius 2 is 1.93 bits per heavy atom. The molecular formula is C23H20N2O4. The van der Waals surface area contributed by atoms with Crippen LogP contribution in [0.3, 0.4) is 0 Å². The molecule has 1 atom stereocenters. The van der Waals surface area contributed by atoms with E-state index in [1.807, 2.05) is 25.1 Å². The fraction of sp³-hybridized carbons (Fsp3) is 0.261. The van der Waals surface area contributed by atoms with Gasteiger partial charge in [-0.05, 0) is 42.7 Å². The number of aryl methyl sites for hydroxylation is 1. The molecule has 2 aliphatic rings. The molecule has 5 rings (SSSR count). The Labute approximate surface area is 167 Å². The van der Waals surface area contributed by atoms with Gasteiger partial charge in [-0.15, -0.1) is 0 Å². The van der Waals surface area contributed by atoms with Gasteiger partial charge in [-0.25, -0.2) is 0 Å². The third-order valence-corrected chi connectivity index (χ3v) is 5.85. The normalized spacial score (nSPS) is 18.8. The summed E-state index contributed by atoms with van der Waals surface area (Å²) in [5.74, 6) is -0.443. The second kappa shape index (κ2) is 6.58. The Morgan fingerprint density at radius 1 is 1.10 bits per heavy atom. The molecule has 1 fully saturated rings. The molecule has 1 saturated heterocycles. The lowest BCUT2D eigenvalue weighted by Gasteiger charge is -2.28. The molecule has 3 aromatic rings. The zero-order valence-corrected chi connectivity index (χ0v) is 16.0. The topological polar surface area (TPSA) is 79.6 Å². The Balaban J connectivity index is 1.65. The van der Waals surface area contributed by atoms with Gasteiger partial charge in [-0.2, -0.15) is 0 Å². The molecule has 2 aromatic carbocycles. The number of anilines is 2. The molecule has 6 heteroatoms. The number of hydrogen-bond acceptors (Lipinski definition) is 4. The number of amides is 2. The molecule has 0 bridgehead atoms. The van der Waals surface area contributed by atoms with E-state index in [1.54, 1.807) is 23.1 Å². The maximum absolute atomic E-state index is 13.1. The molecule has 146 valence electrons. The van der Waals surface area contributed by atoms with E-state index >= 15 is 0 Å². The number of nitrogens with zero attached hydrogens (tertiary/aromatic N) is 1. The standard InChI is InChI=1S/C23H20N2O4/c1-13-9-16-15(17-12-29-20-6-3-2-5-14(20)23(17)28)10-21(26)24-18(16)11-19(13)25-8-4-7-22(25)27/h2-3,5-6,9,11-12,15H,4,7-8,10H2,1H3,(H,24,26)/t15-/m0/s1. The van der Waals surface area contributed by atoms with Crippen LogP contribution < -0.4 is 15.6 Å². The summed E-state index contributed by atoms with van der Waals surface area (Å²) in [6.45, 7) is 2.64. The molecule has 0 aliphatic carbocycles. The van der Waals surface area contributed by atoms with E-state index < -0.39 is 0 Å². The average Bonchev–Trinajstić information content (AvgIpc) is 3.14.